The Morgan fingerprint density at radius 1 is 1.29 bits per heavy atom. The van der Waals surface area contributed by atoms with E-state index < -0.39 is 0 Å². The lowest BCUT2D eigenvalue weighted by Gasteiger charge is -2.28. The van der Waals surface area contributed by atoms with Crippen molar-refractivity contribution >= 4 is 29.3 Å². The normalized spacial score (nSPS) is 20.6. The van der Waals surface area contributed by atoms with E-state index in [1.165, 1.54) is 16.7 Å². The molecule has 0 saturated carbocycles. The first-order valence-electron chi connectivity index (χ1n) is 5.26. The second-order valence-corrected chi connectivity index (χ2v) is 5.05. The molecule has 5 heteroatoms. The third-order valence-electron chi connectivity index (χ3n) is 2.60. The molecular weight excluding hydrogens is 238 g/mol. The van der Waals surface area contributed by atoms with Crippen LogP contribution in [0.4, 0.5) is 5.69 Å². The van der Waals surface area contributed by atoms with E-state index in [-0.39, 0.29) is 17.1 Å². The van der Waals surface area contributed by atoms with E-state index >= 15 is 0 Å². The van der Waals surface area contributed by atoms with Crippen LogP contribution in [0.1, 0.15) is 6.92 Å². The number of nitrogens with zero attached hydrogens (tertiary/aromatic N) is 1. The fourth-order valence-electron chi connectivity index (χ4n) is 1.64. The van der Waals surface area contributed by atoms with Crippen LogP contribution in [0.2, 0.25) is 0 Å². The molecule has 1 heterocycles. The molecule has 1 saturated heterocycles. The van der Waals surface area contributed by atoms with Gasteiger partial charge >= 0.3 is 0 Å². The van der Waals surface area contributed by atoms with Gasteiger partial charge in [0.1, 0.15) is 5.75 Å². The molecule has 0 radical (unpaired) electrons. The summed E-state index contributed by atoms with van der Waals surface area (Å²) in [6.45, 7) is 1.82. The number of ether oxygens (including phenoxy) is 1. The van der Waals surface area contributed by atoms with Crippen molar-refractivity contribution in [3.63, 3.8) is 0 Å². The molecule has 0 bridgehead atoms. The van der Waals surface area contributed by atoms with Crippen molar-refractivity contribution in [2.75, 3.05) is 17.8 Å². The average molecular weight is 251 g/mol. The van der Waals surface area contributed by atoms with Crippen LogP contribution in [0.5, 0.6) is 5.75 Å². The number of carbonyl (C=O) groups is 2. The van der Waals surface area contributed by atoms with Gasteiger partial charge in [0, 0.05) is 0 Å². The van der Waals surface area contributed by atoms with Gasteiger partial charge in [-0.15, -0.1) is 11.8 Å². The molecule has 1 aromatic rings. The predicted molar refractivity (Wildman–Crippen MR) is 67.4 cm³/mol. The minimum atomic E-state index is -0.171. The molecule has 1 fully saturated rings. The summed E-state index contributed by atoms with van der Waals surface area (Å²) in [5, 5.41) is -0.171. The van der Waals surface area contributed by atoms with Crippen molar-refractivity contribution in [3.05, 3.63) is 24.3 Å². The van der Waals surface area contributed by atoms with Crippen LogP contribution in [0.25, 0.3) is 0 Å². The van der Waals surface area contributed by atoms with E-state index in [1.807, 2.05) is 6.92 Å². The predicted octanol–water partition coefficient (Wildman–Crippen LogP) is 1.69. The quantitative estimate of drug-likeness (QED) is 0.750. The third-order valence-corrected chi connectivity index (χ3v) is 3.72. The molecule has 17 heavy (non-hydrogen) atoms. The van der Waals surface area contributed by atoms with Crippen LogP contribution in [0.3, 0.4) is 0 Å². The number of imide groups is 1. The van der Waals surface area contributed by atoms with E-state index in [2.05, 4.69) is 0 Å². The van der Waals surface area contributed by atoms with E-state index in [0.717, 1.165) is 0 Å². The molecule has 1 aliphatic heterocycles. The summed E-state index contributed by atoms with van der Waals surface area (Å²) in [6.07, 6.45) is 0. The zero-order chi connectivity index (χ0) is 12.4. The summed E-state index contributed by atoms with van der Waals surface area (Å²) in [4.78, 5) is 25.0. The van der Waals surface area contributed by atoms with Crippen LogP contribution in [0, 0.1) is 0 Å². The van der Waals surface area contributed by atoms with Crippen LogP contribution in [-0.4, -0.2) is 29.9 Å². The minimum absolute atomic E-state index is 0.156. The zero-order valence-electron chi connectivity index (χ0n) is 9.67. The minimum Gasteiger partial charge on any atom is -0.497 e. The lowest BCUT2D eigenvalue weighted by Crippen LogP contribution is -2.46. The molecule has 2 rings (SSSR count). The van der Waals surface area contributed by atoms with Crippen molar-refractivity contribution in [1.82, 2.24) is 0 Å². The van der Waals surface area contributed by atoms with Crippen LogP contribution in [0.15, 0.2) is 24.3 Å². The maximum absolute atomic E-state index is 11.9. The number of methoxy groups -OCH3 is 1. The Kier molecular flexibility index (Phi) is 3.38. The van der Waals surface area contributed by atoms with E-state index in [4.69, 9.17) is 4.74 Å². The fourth-order valence-corrected chi connectivity index (χ4v) is 2.41. The molecule has 2 amide bonds. The Hall–Kier alpha value is -1.49. The molecule has 4 nitrogen and oxygen atoms in total. The molecule has 1 aliphatic rings. The Morgan fingerprint density at radius 3 is 2.53 bits per heavy atom. The van der Waals surface area contributed by atoms with Crippen molar-refractivity contribution in [1.29, 1.82) is 0 Å². The number of amides is 2. The monoisotopic (exact) mass is 251 g/mol. The van der Waals surface area contributed by atoms with E-state index in [1.54, 1.807) is 31.4 Å². The van der Waals surface area contributed by atoms with Gasteiger partial charge in [-0.05, 0) is 31.2 Å². The van der Waals surface area contributed by atoms with Gasteiger partial charge in [-0.3, -0.25) is 9.59 Å². The third kappa shape index (κ3) is 2.29. The summed E-state index contributed by atoms with van der Waals surface area (Å²) in [7, 11) is 1.57. The first kappa shape index (κ1) is 12.0. The van der Waals surface area contributed by atoms with Crippen molar-refractivity contribution < 1.29 is 14.3 Å². The topological polar surface area (TPSA) is 46.6 Å². The van der Waals surface area contributed by atoms with Crippen LogP contribution >= 0.6 is 11.8 Å². The number of benzene rings is 1. The molecule has 0 spiro atoms. The number of anilines is 1. The van der Waals surface area contributed by atoms with Gasteiger partial charge in [0.2, 0.25) is 11.8 Å². The fraction of sp³-hybridized carbons (Fsp3) is 0.333. The maximum Gasteiger partial charge on any atom is 0.246 e. The maximum atomic E-state index is 11.9. The van der Waals surface area contributed by atoms with Gasteiger partial charge in [0.25, 0.3) is 0 Å². The second-order valence-electron chi connectivity index (χ2n) is 3.72. The number of thioether (sulfide) groups is 1. The van der Waals surface area contributed by atoms with Gasteiger partial charge in [-0.1, -0.05) is 0 Å². The highest BCUT2D eigenvalue weighted by molar-refractivity contribution is 8.01. The molecule has 90 valence electrons. The van der Waals surface area contributed by atoms with Gasteiger partial charge in [-0.25, -0.2) is 4.90 Å². The van der Waals surface area contributed by atoms with Crippen LogP contribution in [-0.2, 0) is 9.59 Å². The Labute approximate surface area is 104 Å². The lowest BCUT2D eigenvalue weighted by molar-refractivity contribution is -0.125. The Morgan fingerprint density at radius 2 is 1.94 bits per heavy atom. The highest BCUT2D eigenvalue weighted by Gasteiger charge is 2.33. The molecule has 0 N–H and O–H groups in total. The van der Waals surface area contributed by atoms with Crippen molar-refractivity contribution in [2.24, 2.45) is 0 Å². The first-order chi connectivity index (χ1) is 8.13. The van der Waals surface area contributed by atoms with Crippen LogP contribution < -0.4 is 9.64 Å². The average Bonchev–Trinajstić information content (AvgIpc) is 2.35. The Balaban J connectivity index is 2.29. The number of carbonyl (C=O) groups excluding carboxylic acids is 2. The smallest absolute Gasteiger partial charge is 0.246 e. The number of rotatable bonds is 2. The van der Waals surface area contributed by atoms with Crippen molar-refractivity contribution in [2.45, 2.75) is 12.2 Å². The summed E-state index contributed by atoms with van der Waals surface area (Å²) in [5.74, 6) is 0.728. The summed E-state index contributed by atoms with van der Waals surface area (Å²) < 4.78 is 5.04. The first-order valence-corrected chi connectivity index (χ1v) is 6.31. The SMILES string of the molecule is COc1ccc(N2C(=O)CS[C@H](C)C2=O)cc1. The van der Waals surface area contributed by atoms with Gasteiger partial charge in [0.05, 0.1) is 23.8 Å². The standard InChI is InChI=1S/C12H13NO3S/c1-8-12(15)13(11(14)7-17-8)9-3-5-10(16-2)6-4-9/h3-6,8H,7H2,1-2H3/t8-/m1/s1. The van der Waals surface area contributed by atoms with Gasteiger partial charge in [-0.2, -0.15) is 0 Å². The van der Waals surface area contributed by atoms with E-state index in [0.29, 0.717) is 17.2 Å². The molecule has 0 unspecified atom stereocenters. The summed E-state index contributed by atoms with van der Waals surface area (Å²) in [5.41, 5.74) is 0.605. The highest BCUT2D eigenvalue weighted by atomic mass is 32.2. The summed E-state index contributed by atoms with van der Waals surface area (Å²) in [6, 6.07) is 6.92. The van der Waals surface area contributed by atoms with Gasteiger partial charge < -0.3 is 4.74 Å². The molecular formula is C12H13NO3S. The zero-order valence-corrected chi connectivity index (χ0v) is 10.5. The molecule has 0 aromatic heterocycles. The van der Waals surface area contributed by atoms with Gasteiger partial charge in [0.15, 0.2) is 0 Å². The molecule has 0 aliphatic carbocycles. The van der Waals surface area contributed by atoms with Crippen molar-refractivity contribution in [3.8, 4) is 5.75 Å². The molecule has 1 aromatic carbocycles. The summed E-state index contributed by atoms with van der Waals surface area (Å²) >= 11 is 1.37. The van der Waals surface area contributed by atoms with E-state index in [9.17, 15) is 9.59 Å². The number of hydrogen-bond donors (Lipinski definition) is 0. The second kappa shape index (κ2) is 4.79. The molecule has 1 atom stereocenters. The Bertz CT molecular complexity index is 444. The highest BCUT2D eigenvalue weighted by Crippen LogP contribution is 2.27. The number of hydrogen-bond acceptors (Lipinski definition) is 4. The lowest BCUT2D eigenvalue weighted by atomic mass is 10.2. The largest absolute Gasteiger partial charge is 0.497 e.